The second-order valence-electron chi connectivity index (χ2n) is 11.9. The lowest BCUT2D eigenvalue weighted by Gasteiger charge is -2.39. The van der Waals surface area contributed by atoms with Gasteiger partial charge >= 0.3 is 0 Å². The first-order valence-electron chi connectivity index (χ1n) is 15.9. The Labute approximate surface area is 260 Å². The summed E-state index contributed by atoms with van der Waals surface area (Å²) in [5.41, 5.74) is 4.42. The van der Waals surface area contributed by atoms with Crippen LogP contribution in [0.25, 0.3) is 0 Å². The highest BCUT2D eigenvalue weighted by Gasteiger charge is 2.35. The van der Waals surface area contributed by atoms with E-state index >= 15 is 0 Å². The summed E-state index contributed by atoms with van der Waals surface area (Å²) in [5, 5.41) is 7.07. The molecule has 2 N–H and O–H groups in total. The molecule has 0 aliphatic carbocycles. The van der Waals surface area contributed by atoms with Crippen LogP contribution in [0, 0.1) is 5.82 Å². The van der Waals surface area contributed by atoms with Crippen molar-refractivity contribution >= 4 is 11.4 Å². The number of fused-ring (bicyclic) bond motifs is 1. The van der Waals surface area contributed by atoms with E-state index in [4.69, 9.17) is 18.9 Å². The van der Waals surface area contributed by atoms with Crippen molar-refractivity contribution < 1.29 is 23.3 Å². The Morgan fingerprint density at radius 3 is 2.75 bits per heavy atom. The van der Waals surface area contributed by atoms with Gasteiger partial charge in [0.2, 0.25) is 0 Å². The van der Waals surface area contributed by atoms with Gasteiger partial charge in [0.15, 0.2) is 0 Å². The second kappa shape index (κ2) is 14.6. The molecule has 2 saturated heterocycles. The van der Waals surface area contributed by atoms with E-state index in [9.17, 15) is 4.39 Å². The molecule has 0 unspecified atom stereocenters. The summed E-state index contributed by atoms with van der Waals surface area (Å²) in [6, 6.07) is 21.9. The van der Waals surface area contributed by atoms with Crippen LogP contribution < -0.4 is 29.9 Å². The largest absolute Gasteiger partial charge is 0.490 e. The fraction of sp³-hybridized carbons (Fsp3) is 0.486. The third kappa shape index (κ3) is 7.29. The van der Waals surface area contributed by atoms with Crippen molar-refractivity contribution in [3.05, 3.63) is 83.7 Å². The van der Waals surface area contributed by atoms with Crippen molar-refractivity contribution in [3.8, 4) is 11.5 Å². The highest BCUT2D eigenvalue weighted by Crippen LogP contribution is 2.35. The fourth-order valence-electron chi connectivity index (χ4n) is 6.72. The Balaban J connectivity index is 1.09. The molecule has 236 valence electrons. The van der Waals surface area contributed by atoms with Crippen molar-refractivity contribution in [1.29, 1.82) is 0 Å². The Hall–Kier alpha value is -3.37. The Kier molecular flexibility index (Phi) is 10.2. The van der Waals surface area contributed by atoms with E-state index in [1.54, 1.807) is 19.2 Å². The van der Waals surface area contributed by atoms with Crippen molar-refractivity contribution in [2.75, 3.05) is 76.4 Å². The van der Waals surface area contributed by atoms with Crippen LogP contribution >= 0.6 is 0 Å². The summed E-state index contributed by atoms with van der Waals surface area (Å²) in [6.45, 7) is 7.08. The lowest BCUT2D eigenvalue weighted by Crippen LogP contribution is -2.54. The van der Waals surface area contributed by atoms with E-state index in [-0.39, 0.29) is 30.0 Å². The third-order valence-corrected chi connectivity index (χ3v) is 9.02. The first kappa shape index (κ1) is 30.6. The molecule has 0 amide bonds. The van der Waals surface area contributed by atoms with E-state index in [2.05, 4.69) is 62.9 Å². The molecule has 9 heteroatoms. The molecule has 0 aromatic heterocycles. The number of benzene rings is 3. The molecular formula is C35H45FN4O4. The molecule has 0 saturated carbocycles. The monoisotopic (exact) mass is 604 g/mol. The van der Waals surface area contributed by atoms with E-state index in [0.717, 1.165) is 87.2 Å². The number of halogens is 1. The van der Waals surface area contributed by atoms with Gasteiger partial charge in [0, 0.05) is 64.0 Å². The van der Waals surface area contributed by atoms with Crippen molar-refractivity contribution in [2.24, 2.45) is 0 Å². The molecular weight excluding hydrogens is 559 g/mol. The van der Waals surface area contributed by atoms with E-state index in [1.165, 1.54) is 11.6 Å². The first-order chi connectivity index (χ1) is 21.6. The minimum Gasteiger partial charge on any atom is -0.490 e. The molecule has 0 bridgehead atoms. The lowest BCUT2D eigenvalue weighted by molar-refractivity contribution is 0.00192. The summed E-state index contributed by atoms with van der Waals surface area (Å²) >= 11 is 0. The van der Waals surface area contributed by atoms with E-state index in [1.807, 2.05) is 13.1 Å². The Bertz CT molecular complexity index is 1360. The summed E-state index contributed by atoms with van der Waals surface area (Å²) in [7, 11) is 3.77. The topological polar surface area (TPSA) is 67.5 Å². The van der Waals surface area contributed by atoms with E-state index in [0.29, 0.717) is 13.2 Å². The van der Waals surface area contributed by atoms with Gasteiger partial charge in [-0.05, 0) is 67.1 Å². The van der Waals surface area contributed by atoms with Crippen molar-refractivity contribution in [3.63, 3.8) is 0 Å². The number of likely N-dealkylation sites (N-methyl/N-ethyl adjacent to an activating group) is 1. The number of methoxy groups -OCH3 is 1. The maximum Gasteiger partial charge on any atom is 0.142 e. The molecule has 3 aliphatic rings. The van der Waals surface area contributed by atoms with Crippen LogP contribution in [0.5, 0.6) is 11.5 Å². The molecule has 4 atom stereocenters. The number of hydrogen-bond acceptors (Lipinski definition) is 8. The Morgan fingerprint density at radius 1 is 1.05 bits per heavy atom. The molecule has 0 spiro atoms. The van der Waals surface area contributed by atoms with Gasteiger partial charge in [0.25, 0.3) is 0 Å². The van der Waals surface area contributed by atoms with Gasteiger partial charge in [-0.1, -0.05) is 24.3 Å². The van der Waals surface area contributed by atoms with Crippen LogP contribution in [-0.4, -0.2) is 84.9 Å². The molecule has 3 aromatic rings. The van der Waals surface area contributed by atoms with Gasteiger partial charge < -0.3 is 39.4 Å². The molecule has 0 radical (unpaired) electrons. The highest BCUT2D eigenvalue weighted by atomic mass is 19.1. The molecule has 44 heavy (non-hydrogen) atoms. The molecule has 8 nitrogen and oxygen atoms in total. The predicted octanol–water partition coefficient (Wildman–Crippen LogP) is 4.58. The summed E-state index contributed by atoms with van der Waals surface area (Å²) in [6.07, 6.45) is 1.97. The number of piperidine rings is 1. The van der Waals surface area contributed by atoms with Crippen LogP contribution in [0.3, 0.4) is 0 Å². The zero-order valence-electron chi connectivity index (χ0n) is 25.8. The lowest BCUT2D eigenvalue weighted by atomic mass is 9.83. The van der Waals surface area contributed by atoms with Gasteiger partial charge in [-0.2, -0.15) is 0 Å². The molecule has 2 fully saturated rings. The molecule has 3 aromatic carbocycles. The third-order valence-electron chi connectivity index (χ3n) is 9.02. The van der Waals surface area contributed by atoms with Crippen LogP contribution in [0.15, 0.2) is 66.7 Å². The van der Waals surface area contributed by atoms with Crippen molar-refractivity contribution in [2.45, 2.75) is 43.6 Å². The highest BCUT2D eigenvalue weighted by molar-refractivity contribution is 5.61. The molecule has 3 heterocycles. The van der Waals surface area contributed by atoms with Crippen LogP contribution in [0.1, 0.15) is 29.9 Å². The number of rotatable bonds is 12. The van der Waals surface area contributed by atoms with Crippen LogP contribution in [0.4, 0.5) is 15.8 Å². The minimum atomic E-state index is -0.208. The van der Waals surface area contributed by atoms with Crippen LogP contribution in [0.2, 0.25) is 0 Å². The van der Waals surface area contributed by atoms with Gasteiger partial charge in [0.05, 0.1) is 31.5 Å². The van der Waals surface area contributed by atoms with E-state index < -0.39 is 0 Å². The zero-order chi connectivity index (χ0) is 30.3. The summed E-state index contributed by atoms with van der Waals surface area (Å²) < 4.78 is 37.9. The smallest absolute Gasteiger partial charge is 0.142 e. The Morgan fingerprint density at radius 2 is 1.93 bits per heavy atom. The molecule has 3 aliphatic heterocycles. The van der Waals surface area contributed by atoms with Gasteiger partial charge in [-0.3, -0.25) is 0 Å². The number of nitrogens with one attached hydrogen (secondary N) is 2. The number of ether oxygens (including phenoxy) is 4. The second-order valence-corrected chi connectivity index (χ2v) is 11.9. The average molecular weight is 605 g/mol. The average Bonchev–Trinajstić information content (AvgIpc) is 3.53. The quantitative estimate of drug-likeness (QED) is 0.292. The minimum absolute atomic E-state index is 0.00714. The maximum atomic E-state index is 13.7. The molecule has 6 rings (SSSR count). The van der Waals surface area contributed by atoms with Crippen molar-refractivity contribution in [1.82, 2.24) is 10.6 Å². The fourth-order valence-corrected chi connectivity index (χ4v) is 6.72. The number of hydrogen-bond donors (Lipinski definition) is 2. The standard InChI is InChI=1S/C35H45FN4O4/c1-37-31-21-38-22-34(43-24-25-7-12-33-32(19-25)39(16-18-42-33)14-4-17-41-2)35(31)26-8-10-29(11-9-26)44-30-13-15-40(23-30)28-6-3-5-27(36)20-28/h3,5-12,19-20,30-31,34-35,37-38H,4,13-18,21-24H2,1-2H3/t30-,31+,34-,35-/m0/s1. The van der Waals surface area contributed by atoms with Crippen LogP contribution in [-0.2, 0) is 16.1 Å². The summed E-state index contributed by atoms with van der Waals surface area (Å²) in [5.74, 6) is 1.78. The van der Waals surface area contributed by atoms with Gasteiger partial charge in [0.1, 0.15) is 30.0 Å². The summed E-state index contributed by atoms with van der Waals surface area (Å²) in [4.78, 5) is 4.57. The SMILES string of the molecule is CN[C@@H]1CNC[C@H](OCc2ccc3c(c2)N(CCCOC)CCO3)[C@H]1c1ccc(O[C@H]2CCN(c3cccc(F)c3)C2)cc1. The predicted molar refractivity (Wildman–Crippen MR) is 172 cm³/mol. The normalized spacial score (nSPS) is 23.3. The number of anilines is 2. The maximum absolute atomic E-state index is 13.7. The zero-order valence-corrected chi connectivity index (χ0v) is 25.8. The number of nitrogens with zero attached hydrogens (tertiary/aromatic N) is 2. The van der Waals surface area contributed by atoms with Gasteiger partial charge in [-0.15, -0.1) is 0 Å². The van der Waals surface area contributed by atoms with Gasteiger partial charge in [-0.25, -0.2) is 4.39 Å². The first-order valence-corrected chi connectivity index (χ1v) is 15.9.